The maximum absolute atomic E-state index is 6.17. The predicted molar refractivity (Wildman–Crippen MR) is 128 cm³/mol. The molecule has 3 aromatic carbocycles. The van der Waals surface area contributed by atoms with Crippen LogP contribution in [0.15, 0.2) is 66.7 Å². The molecule has 0 saturated heterocycles. The highest BCUT2D eigenvalue weighted by atomic mass is 16.5. The van der Waals surface area contributed by atoms with E-state index in [2.05, 4.69) is 58.7 Å². The molecule has 0 radical (unpaired) electrons. The van der Waals surface area contributed by atoms with Gasteiger partial charge >= 0.3 is 0 Å². The molecule has 32 heavy (non-hydrogen) atoms. The molecule has 0 spiro atoms. The van der Waals surface area contributed by atoms with Crippen LogP contribution >= 0.6 is 0 Å². The summed E-state index contributed by atoms with van der Waals surface area (Å²) >= 11 is 0. The predicted octanol–water partition coefficient (Wildman–Crippen LogP) is 4.45. The zero-order valence-electron chi connectivity index (χ0n) is 19.1. The summed E-state index contributed by atoms with van der Waals surface area (Å²) in [6, 6.07) is 23.0. The molecule has 3 aromatic rings. The van der Waals surface area contributed by atoms with Gasteiger partial charge in [-0.05, 0) is 67.0 Å². The first-order valence-corrected chi connectivity index (χ1v) is 11.1. The van der Waals surface area contributed by atoms with E-state index in [1.54, 1.807) is 7.11 Å². The summed E-state index contributed by atoms with van der Waals surface area (Å²) in [5.74, 6) is 2.45. The summed E-state index contributed by atoms with van der Waals surface area (Å²) in [6.45, 7) is 3.00. The van der Waals surface area contributed by atoms with Crippen LogP contribution in [-0.4, -0.2) is 45.8 Å². The van der Waals surface area contributed by atoms with Crippen LogP contribution in [0.1, 0.15) is 28.3 Å². The summed E-state index contributed by atoms with van der Waals surface area (Å²) in [5.41, 5.74) is 4.88. The van der Waals surface area contributed by atoms with Crippen LogP contribution in [0, 0.1) is 0 Å². The topological polar surface area (TPSA) is 43.0 Å². The lowest BCUT2D eigenvalue weighted by atomic mass is 9.89. The Kier molecular flexibility index (Phi) is 7.30. The van der Waals surface area contributed by atoms with E-state index in [0.29, 0.717) is 13.2 Å². The van der Waals surface area contributed by atoms with E-state index in [-0.39, 0.29) is 6.04 Å². The number of likely N-dealkylation sites (N-methyl/N-ethyl adjacent to an activating group) is 1. The Morgan fingerprint density at radius 2 is 1.72 bits per heavy atom. The van der Waals surface area contributed by atoms with Crippen molar-refractivity contribution >= 4 is 0 Å². The zero-order chi connectivity index (χ0) is 22.3. The number of nitrogens with one attached hydrogen (secondary N) is 1. The van der Waals surface area contributed by atoms with Crippen molar-refractivity contribution in [2.45, 2.75) is 19.1 Å². The molecule has 5 nitrogen and oxygen atoms in total. The number of hydrogen-bond acceptors (Lipinski definition) is 5. The van der Waals surface area contributed by atoms with E-state index in [9.17, 15) is 0 Å². The van der Waals surface area contributed by atoms with Crippen LogP contribution in [0.4, 0.5) is 0 Å². The fourth-order valence-electron chi connectivity index (χ4n) is 3.97. The third kappa shape index (κ3) is 5.42. The number of rotatable bonds is 9. The van der Waals surface area contributed by atoms with Gasteiger partial charge in [-0.25, -0.2) is 0 Å². The van der Waals surface area contributed by atoms with Crippen molar-refractivity contribution in [2.24, 2.45) is 0 Å². The van der Waals surface area contributed by atoms with Gasteiger partial charge in [0.15, 0.2) is 11.5 Å². The minimum Gasteiger partial charge on any atom is -0.493 e. The van der Waals surface area contributed by atoms with Crippen molar-refractivity contribution in [3.8, 4) is 17.2 Å². The van der Waals surface area contributed by atoms with E-state index in [1.165, 1.54) is 16.7 Å². The first-order chi connectivity index (χ1) is 15.6. The molecule has 4 rings (SSSR count). The van der Waals surface area contributed by atoms with Gasteiger partial charge < -0.3 is 24.4 Å². The lowest BCUT2D eigenvalue weighted by molar-refractivity contribution is 0.261. The highest BCUT2D eigenvalue weighted by Gasteiger charge is 2.24. The van der Waals surface area contributed by atoms with Gasteiger partial charge in [0, 0.05) is 13.1 Å². The molecule has 1 aliphatic rings. The number of benzene rings is 3. The van der Waals surface area contributed by atoms with E-state index < -0.39 is 0 Å². The van der Waals surface area contributed by atoms with Gasteiger partial charge in [0.1, 0.15) is 19.0 Å². The van der Waals surface area contributed by atoms with Crippen molar-refractivity contribution in [3.63, 3.8) is 0 Å². The quantitative estimate of drug-likeness (QED) is 0.541. The largest absolute Gasteiger partial charge is 0.493 e. The molecular formula is C27H32N2O3. The molecule has 1 heterocycles. The molecule has 0 aliphatic carbocycles. The maximum atomic E-state index is 6.17. The van der Waals surface area contributed by atoms with Gasteiger partial charge in [-0.3, -0.25) is 0 Å². The highest BCUT2D eigenvalue weighted by Crippen LogP contribution is 2.38. The fraction of sp³-hybridized carbons (Fsp3) is 0.333. The molecule has 0 fully saturated rings. The van der Waals surface area contributed by atoms with Crippen LogP contribution in [-0.2, 0) is 13.0 Å². The van der Waals surface area contributed by atoms with Gasteiger partial charge in [0.05, 0.1) is 13.2 Å². The second kappa shape index (κ2) is 10.5. The minimum absolute atomic E-state index is 0.111. The lowest BCUT2D eigenvalue weighted by Crippen LogP contribution is -2.30. The molecular weight excluding hydrogens is 400 g/mol. The van der Waals surface area contributed by atoms with E-state index in [4.69, 9.17) is 14.2 Å². The van der Waals surface area contributed by atoms with E-state index in [1.807, 2.05) is 32.3 Å². The molecule has 0 amide bonds. The Morgan fingerprint density at radius 1 is 0.938 bits per heavy atom. The first-order valence-electron chi connectivity index (χ1n) is 11.1. The average Bonchev–Trinajstić information content (AvgIpc) is 2.82. The SMILES string of the molecule is COc1cc2c(cc1OCc1ccccc1)C(c1ccc(OCCN(C)C)cc1)NCC2. The third-order valence-electron chi connectivity index (χ3n) is 5.74. The second-order valence-corrected chi connectivity index (χ2v) is 8.33. The Hall–Kier alpha value is -3.02. The molecule has 0 bridgehead atoms. The summed E-state index contributed by atoms with van der Waals surface area (Å²) in [4.78, 5) is 2.11. The van der Waals surface area contributed by atoms with Gasteiger partial charge in [0.2, 0.25) is 0 Å². The lowest BCUT2D eigenvalue weighted by Gasteiger charge is -2.29. The Morgan fingerprint density at radius 3 is 2.44 bits per heavy atom. The molecule has 168 valence electrons. The number of nitrogens with zero attached hydrogens (tertiary/aromatic N) is 1. The molecule has 5 heteroatoms. The Balaban J connectivity index is 1.54. The van der Waals surface area contributed by atoms with Gasteiger partial charge in [-0.2, -0.15) is 0 Å². The summed E-state index contributed by atoms with van der Waals surface area (Å²) in [6.07, 6.45) is 0.965. The van der Waals surface area contributed by atoms with Crippen molar-refractivity contribution in [1.29, 1.82) is 0 Å². The molecule has 1 N–H and O–H groups in total. The van der Waals surface area contributed by atoms with Gasteiger partial charge in [-0.15, -0.1) is 0 Å². The number of methoxy groups -OCH3 is 1. The molecule has 1 unspecified atom stereocenters. The third-order valence-corrected chi connectivity index (χ3v) is 5.74. The fourth-order valence-corrected chi connectivity index (χ4v) is 3.97. The van der Waals surface area contributed by atoms with E-state index >= 15 is 0 Å². The summed E-state index contributed by atoms with van der Waals surface area (Å²) in [7, 11) is 5.79. The Bertz CT molecular complexity index is 1000. The standard InChI is InChI=1S/C27H32N2O3/c1-29(2)15-16-31-23-11-9-21(10-12-23)27-24-18-26(32-19-20-7-5-4-6-8-20)25(30-3)17-22(24)13-14-28-27/h4-12,17-18,27-28H,13-16,19H2,1-3H3. The number of ether oxygens (including phenoxy) is 3. The second-order valence-electron chi connectivity index (χ2n) is 8.33. The number of fused-ring (bicyclic) bond motifs is 1. The van der Waals surface area contributed by atoms with Crippen LogP contribution in [0.3, 0.4) is 0 Å². The summed E-state index contributed by atoms with van der Waals surface area (Å²) in [5, 5.41) is 3.66. The smallest absolute Gasteiger partial charge is 0.162 e. The van der Waals surface area contributed by atoms with Crippen molar-refractivity contribution in [1.82, 2.24) is 10.2 Å². The van der Waals surface area contributed by atoms with Crippen LogP contribution in [0.2, 0.25) is 0 Å². The minimum atomic E-state index is 0.111. The first kappa shape index (κ1) is 22.2. The van der Waals surface area contributed by atoms with Crippen molar-refractivity contribution in [3.05, 3.63) is 89.0 Å². The highest BCUT2D eigenvalue weighted by molar-refractivity contribution is 5.52. The zero-order valence-corrected chi connectivity index (χ0v) is 19.1. The van der Waals surface area contributed by atoms with Crippen molar-refractivity contribution in [2.75, 3.05) is 40.9 Å². The van der Waals surface area contributed by atoms with Crippen LogP contribution in [0.5, 0.6) is 17.2 Å². The molecule has 1 aliphatic heterocycles. The van der Waals surface area contributed by atoms with Crippen LogP contribution < -0.4 is 19.5 Å². The van der Waals surface area contributed by atoms with Crippen LogP contribution in [0.25, 0.3) is 0 Å². The number of hydrogen-bond donors (Lipinski definition) is 1. The van der Waals surface area contributed by atoms with E-state index in [0.717, 1.165) is 42.3 Å². The van der Waals surface area contributed by atoms with Gasteiger partial charge in [0.25, 0.3) is 0 Å². The molecule has 0 aromatic heterocycles. The van der Waals surface area contributed by atoms with Crippen molar-refractivity contribution < 1.29 is 14.2 Å². The monoisotopic (exact) mass is 432 g/mol. The normalized spacial score (nSPS) is 15.3. The van der Waals surface area contributed by atoms with Gasteiger partial charge in [-0.1, -0.05) is 42.5 Å². The molecule has 0 saturated carbocycles. The maximum Gasteiger partial charge on any atom is 0.162 e. The Labute approximate surface area is 190 Å². The molecule has 1 atom stereocenters. The summed E-state index contributed by atoms with van der Waals surface area (Å²) < 4.78 is 17.7. The average molecular weight is 433 g/mol.